The number of hydrogen-bond donors (Lipinski definition) is 2. The first kappa shape index (κ1) is 22.1. The minimum Gasteiger partial charge on any atom is -0.475 e. The number of amides is 3. The molecule has 3 heterocycles. The highest BCUT2D eigenvalue weighted by atomic mass is 16.5. The fourth-order valence-corrected chi connectivity index (χ4v) is 4.51. The zero-order valence-corrected chi connectivity index (χ0v) is 18.1. The summed E-state index contributed by atoms with van der Waals surface area (Å²) in [4.78, 5) is 33.6. The van der Waals surface area contributed by atoms with Crippen molar-refractivity contribution in [1.29, 1.82) is 0 Å². The van der Waals surface area contributed by atoms with Crippen LogP contribution in [-0.2, 0) is 11.3 Å². The second-order valence-corrected chi connectivity index (χ2v) is 8.28. The van der Waals surface area contributed by atoms with Gasteiger partial charge in [-0.05, 0) is 37.3 Å². The molecular formula is C24H30N4O4. The molecule has 3 atom stereocenters. The van der Waals surface area contributed by atoms with Crippen LogP contribution in [0.1, 0.15) is 31.2 Å². The van der Waals surface area contributed by atoms with Gasteiger partial charge >= 0.3 is 6.03 Å². The molecule has 0 radical (unpaired) electrons. The molecule has 0 bridgehead atoms. The minimum atomic E-state index is -0.815. The number of hydrogen-bond acceptors (Lipinski definition) is 5. The van der Waals surface area contributed by atoms with Gasteiger partial charge in [-0.3, -0.25) is 4.79 Å². The van der Waals surface area contributed by atoms with Crippen molar-refractivity contribution in [2.45, 2.75) is 50.4 Å². The van der Waals surface area contributed by atoms with Crippen LogP contribution in [0.25, 0.3) is 0 Å². The highest BCUT2D eigenvalue weighted by molar-refractivity contribution is 5.88. The number of ether oxygens (including phenoxy) is 1. The Hall–Kier alpha value is -3.13. The molecule has 0 saturated carbocycles. The number of nitrogens with one attached hydrogen (secondary N) is 1. The smallest absolute Gasteiger partial charge is 0.318 e. The van der Waals surface area contributed by atoms with Crippen LogP contribution in [0.5, 0.6) is 5.88 Å². The average Bonchev–Trinajstić information content (AvgIpc) is 3.52. The molecule has 2 aromatic rings. The number of benzene rings is 1. The molecule has 170 valence electrons. The molecule has 0 spiro atoms. The van der Waals surface area contributed by atoms with Crippen molar-refractivity contribution in [3.8, 4) is 5.88 Å². The summed E-state index contributed by atoms with van der Waals surface area (Å²) in [6.07, 6.45) is 3.78. The lowest BCUT2D eigenvalue weighted by Gasteiger charge is -2.33. The number of nitrogens with zero attached hydrogens (tertiary/aromatic N) is 3. The lowest BCUT2D eigenvalue weighted by atomic mass is 10.1. The molecule has 2 aliphatic heterocycles. The monoisotopic (exact) mass is 438 g/mol. The van der Waals surface area contributed by atoms with Gasteiger partial charge < -0.3 is 25.0 Å². The summed E-state index contributed by atoms with van der Waals surface area (Å²) in [5, 5.41) is 13.6. The Morgan fingerprint density at radius 1 is 1.06 bits per heavy atom. The number of aromatic nitrogens is 1. The van der Waals surface area contributed by atoms with Crippen LogP contribution < -0.4 is 10.1 Å². The summed E-state index contributed by atoms with van der Waals surface area (Å²) < 4.78 is 5.59. The van der Waals surface area contributed by atoms with Crippen molar-refractivity contribution in [3.05, 3.63) is 60.3 Å². The number of aliphatic hydroxyl groups excluding tert-OH is 1. The maximum Gasteiger partial charge on any atom is 0.318 e. The van der Waals surface area contributed by atoms with Gasteiger partial charge in [-0.2, -0.15) is 0 Å². The fourth-order valence-electron chi connectivity index (χ4n) is 4.51. The Labute approximate surface area is 188 Å². The third-order valence-electron chi connectivity index (χ3n) is 6.15. The van der Waals surface area contributed by atoms with Crippen LogP contribution in [-0.4, -0.2) is 69.7 Å². The van der Waals surface area contributed by atoms with Crippen molar-refractivity contribution in [3.63, 3.8) is 0 Å². The molecule has 2 N–H and O–H groups in total. The number of carbonyl (C=O) groups is 2. The van der Waals surface area contributed by atoms with Crippen molar-refractivity contribution < 1.29 is 19.4 Å². The zero-order chi connectivity index (χ0) is 22.3. The van der Waals surface area contributed by atoms with Gasteiger partial charge in [0.05, 0.1) is 6.04 Å². The topological polar surface area (TPSA) is 95.0 Å². The van der Waals surface area contributed by atoms with E-state index in [2.05, 4.69) is 10.3 Å². The Kier molecular flexibility index (Phi) is 7.21. The number of rotatable bonds is 7. The molecule has 8 nitrogen and oxygen atoms in total. The summed E-state index contributed by atoms with van der Waals surface area (Å²) in [7, 11) is 0. The van der Waals surface area contributed by atoms with Crippen molar-refractivity contribution >= 4 is 11.9 Å². The zero-order valence-electron chi connectivity index (χ0n) is 18.1. The molecule has 8 heteroatoms. The van der Waals surface area contributed by atoms with E-state index in [1.54, 1.807) is 28.1 Å². The van der Waals surface area contributed by atoms with E-state index in [-0.39, 0.29) is 24.6 Å². The molecule has 3 amide bonds. The van der Waals surface area contributed by atoms with Gasteiger partial charge in [0.2, 0.25) is 11.8 Å². The Bertz CT molecular complexity index is 895. The first-order chi connectivity index (χ1) is 15.6. The van der Waals surface area contributed by atoms with Crippen LogP contribution in [0.15, 0.2) is 54.7 Å². The van der Waals surface area contributed by atoms with Crippen LogP contribution in [0.2, 0.25) is 0 Å². The third kappa shape index (κ3) is 5.19. The highest BCUT2D eigenvalue weighted by Gasteiger charge is 2.42. The Morgan fingerprint density at radius 2 is 1.81 bits per heavy atom. The summed E-state index contributed by atoms with van der Waals surface area (Å²) in [6, 6.07) is 14.0. The highest BCUT2D eigenvalue weighted by Crippen LogP contribution is 2.26. The van der Waals surface area contributed by atoms with Crippen molar-refractivity contribution in [2.24, 2.45) is 0 Å². The number of likely N-dealkylation sites (tertiary alicyclic amines) is 2. The maximum absolute atomic E-state index is 13.4. The van der Waals surface area contributed by atoms with E-state index in [0.717, 1.165) is 18.4 Å². The molecule has 1 aromatic heterocycles. The van der Waals surface area contributed by atoms with Gasteiger partial charge in [0, 0.05) is 31.9 Å². The molecule has 32 heavy (non-hydrogen) atoms. The lowest BCUT2D eigenvalue weighted by molar-refractivity contribution is -0.138. The first-order valence-corrected chi connectivity index (χ1v) is 11.2. The van der Waals surface area contributed by atoms with E-state index in [0.29, 0.717) is 38.4 Å². The lowest BCUT2D eigenvalue weighted by Crippen LogP contribution is -2.54. The van der Waals surface area contributed by atoms with Crippen molar-refractivity contribution in [2.75, 3.05) is 19.7 Å². The second-order valence-electron chi connectivity index (χ2n) is 8.28. The molecule has 1 unspecified atom stereocenters. The van der Waals surface area contributed by atoms with Gasteiger partial charge in [0.25, 0.3) is 0 Å². The van der Waals surface area contributed by atoms with Crippen LogP contribution in [0.4, 0.5) is 4.79 Å². The van der Waals surface area contributed by atoms with Crippen LogP contribution in [0.3, 0.4) is 0 Å². The summed E-state index contributed by atoms with van der Waals surface area (Å²) in [6.45, 7) is 1.63. The molecule has 2 aliphatic rings. The van der Waals surface area contributed by atoms with Crippen LogP contribution in [0, 0.1) is 0 Å². The van der Waals surface area contributed by atoms with Gasteiger partial charge in [0.1, 0.15) is 18.8 Å². The number of pyridine rings is 1. The molecule has 1 aromatic carbocycles. The van der Waals surface area contributed by atoms with E-state index >= 15 is 0 Å². The SMILES string of the molecule is O=C(NCc1ccccc1)N1CCC[C@@H]1C(=O)N1CCC[C@H]1C(O)COc1ccccn1. The normalized spacial score (nSPS) is 21.4. The fraction of sp³-hybridized carbons (Fsp3) is 0.458. The third-order valence-corrected chi connectivity index (χ3v) is 6.15. The summed E-state index contributed by atoms with van der Waals surface area (Å²) in [5.41, 5.74) is 1.01. The molecule has 4 rings (SSSR count). The quantitative estimate of drug-likeness (QED) is 0.691. The largest absolute Gasteiger partial charge is 0.475 e. The van der Waals surface area contributed by atoms with Gasteiger partial charge in [-0.15, -0.1) is 0 Å². The van der Waals surface area contributed by atoms with E-state index < -0.39 is 12.1 Å². The first-order valence-electron chi connectivity index (χ1n) is 11.2. The summed E-state index contributed by atoms with van der Waals surface area (Å²) in [5.74, 6) is 0.358. The Morgan fingerprint density at radius 3 is 2.59 bits per heavy atom. The predicted octanol–water partition coefficient (Wildman–Crippen LogP) is 2.19. The molecular weight excluding hydrogens is 408 g/mol. The molecule has 2 fully saturated rings. The second kappa shape index (κ2) is 10.5. The van der Waals surface area contributed by atoms with Crippen molar-refractivity contribution in [1.82, 2.24) is 20.1 Å². The van der Waals surface area contributed by atoms with E-state index in [9.17, 15) is 14.7 Å². The summed E-state index contributed by atoms with van der Waals surface area (Å²) >= 11 is 0. The maximum atomic E-state index is 13.4. The van der Waals surface area contributed by atoms with Gasteiger partial charge in [-0.25, -0.2) is 9.78 Å². The van der Waals surface area contributed by atoms with E-state index in [4.69, 9.17) is 4.74 Å². The van der Waals surface area contributed by atoms with Gasteiger partial charge in [0.15, 0.2) is 0 Å². The Balaban J connectivity index is 1.34. The minimum absolute atomic E-state index is 0.0669. The van der Waals surface area contributed by atoms with Gasteiger partial charge in [-0.1, -0.05) is 36.4 Å². The standard InChI is InChI=1S/C24H30N4O4/c29-21(17-32-22-12-4-5-13-25-22)19-10-6-14-27(19)23(30)20-11-7-15-28(20)24(31)26-16-18-8-2-1-3-9-18/h1-5,8-9,12-13,19-21,29H,6-7,10-11,14-17H2,(H,26,31)/t19-,20+,21?/m0/s1. The van der Waals surface area contributed by atoms with Crippen LogP contribution >= 0.6 is 0 Å². The molecule has 0 aliphatic carbocycles. The number of urea groups is 1. The molecule has 2 saturated heterocycles. The van der Waals surface area contributed by atoms with E-state index in [1.165, 1.54) is 0 Å². The predicted molar refractivity (Wildman–Crippen MR) is 119 cm³/mol. The number of carbonyl (C=O) groups excluding carboxylic acids is 2. The number of aliphatic hydroxyl groups is 1. The average molecular weight is 439 g/mol. The van der Waals surface area contributed by atoms with E-state index in [1.807, 2.05) is 36.4 Å².